The fraction of sp³-hybridized carbons (Fsp3) is 0.944. The van der Waals surface area contributed by atoms with E-state index >= 15 is 0 Å². The molecule has 6 unspecified atom stereocenters. The molecule has 0 aliphatic heterocycles. The summed E-state index contributed by atoms with van der Waals surface area (Å²) in [4.78, 5) is 24.0. The number of hydrogen-bond donors (Lipinski definition) is 6. The van der Waals surface area contributed by atoms with Gasteiger partial charge in [0, 0.05) is 50.5 Å². The van der Waals surface area contributed by atoms with Crippen molar-refractivity contribution in [2.45, 2.75) is 154 Å². The molecule has 0 amide bonds. The van der Waals surface area contributed by atoms with E-state index in [-0.39, 0.29) is 51.2 Å². The maximum absolute atomic E-state index is 12.0. The van der Waals surface area contributed by atoms with Crippen LogP contribution >= 0.6 is 0 Å². The lowest BCUT2D eigenvalue weighted by Gasteiger charge is -2.34. The number of carbonyl (C=O) groups is 2. The molecule has 304 valence electrons. The Bertz CT molecular complexity index is 824. The fourth-order valence-corrected chi connectivity index (χ4v) is 14.2. The quantitative estimate of drug-likeness (QED) is 0.0320. The molecule has 0 saturated carbocycles. The molecule has 0 heterocycles. The highest BCUT2D eigenvalue weighted by atomic mass is 28.4. The summed E-state index contributed by atoms with van der Waals surface area (Å²) in [5.41, 5.74) is 0. The van der Waals surface area contributed by atoms with E-state index in [1.165, 1.54) is 0 Å². The van der Waals surface area contributed by atoms with Gasteiger partial charge in [0.2, 0.25) is 0 Å². The van der Waals surface area contributed by atoms with Crippen molar-refractivity contribution < 1.29 is 42.9 Å². The van der Waals surface area contributed by atoms with Crippen LogP contribution in [-0.2, 0) is 32.7 Å². The highest BCUT2D eigenvalue weighted by Crippen LogP contribution is 2.24. The molecule has 51 heavy (non-hydrogen) atoms. The van der Waals surface area contributed by atoms with Crippen LogP contribution in [0.1, 0.15) is 79.1 Å². The van der Waals surface area contributed by atoms with Crippen molar-refractivity contribution in [3.8, 4) is 0 Å². The Labute approximate surface area is 312 Å². The Morgan fingerprint density at radius 1 is 0.588 bits per heavy atom. The summed E-state index contributed by atoms with van der Waals surface area (Å²) in [5.74, 6) is -0.655. The summed E-state index contributed by atoms with van der Waals surface area (Å²) >= 11 is 0. The van der Waals surface area contributed by atoms with Gasteiger partial charge >= 0.3 is 11.9 Å². The van der Waals surface area contributed by atoms with E-state index in [1.807, 2.05) is 14.1 Å². The second-order valence-electron chi connectivity index (χ2n) is 15.4. The molecule has 15 heteroatoms. The van der Waals surface area contributed by atoms with Crippen LogP contribution in [0.3, 0.4) is 0 Å². The number of rotatable bonds is 34. The molecule has 6 N–H and O–H groups in total. The number of carbonyl (C=O) groups excluding carboxylic acids is 2. The summed E-state index contributed by atoms with van der Waals surface area (Å²) in [6.45, 7) is 19.7. The number of aliphatic hydroxyl groups is 2. The first-order chi connectivity index (χ1) is 24.0. The van der Waals surface area contributed by atoms with E-state index in [0.717, 1.165) is 50.6 Å². The highest BCUT2D eigenvalue weighted by molar-refractivity contribution is 6.84. The molecule has 0 aromatic heterocycles. The fourth-order valence-electron chi connectivity index (χ4n) is 5.44. The van der Waals surface area contributed by atoms with Crippen molar-refractivity contribution in [3.05, 3.63) is 0 Å². The molecule has 13 nitrogen and oxygen atoms in total. The summed E-state index contributed by atoms with van der Waals surface area (Å²) in [7, 11) is 0.0913. The van der Waals surface area contributed by atoms with Crippen molar-refractivity contribution >= 4 is 28.6 Å². The molecular formula is C36H78N4O9Si2. The molecule has 0 aromatic carbocycles. The standard InChI is InChI=1S/C36H78N4O9Si2/c1-29(37-5)13-15-31(3)39-19-17-35(43)47-27-33(41)25-45-21-11-23-50(7,8)49-51(9,10)24-12-22-46-26-34(42)28-48-36(44)18-20-40-32(4)16-14-30(2)38-6/h29-34,37-42H,11-28H2,1-10H3. The van der Waals surface area contributed by atoms with Crippen LogP contribution < -0.4 is 21.3 Å². The van der Waals surface area contributed by atoms with Crippen molar-refractivity contribution in [2.24, 2.45) is 0 Å². The Morgan fingerprint density at radius 2 is 0.941 bits per heavy atom. The lowest BCUT2D eigenvalue weighted by Crippen LogP contribution is -2.44. The average molecular weight is 767 g/mol. The Morgan fingerprint density at radius 3 is 1.29 bits per heavy atom. The molecule has 0 spiro atoms. The van der Waals surface area contributed by atoms with Crippen LogP contribution in [0.4, 0.5) is 0 Å². The zero-order valence-electron chi connectivity index (χ0n) is 33.9. The lowest BCUT2D eigenvalue weighted by molar-refractivity contribution is -0.148. The van der Waals surface area contributed by atoms with Crippen molar-refractivity contribution in [2.75, 3.05) is 66.8 Å². The third kappa shape index (κ3) is 31.1. The summed E-state index contributed by atoms with van der Waals surface area (Å²) < 4.78 is 28.4. The van der Waals surface area contributed by atoms with Crippen LogP contribution in [0.5, 0.6) is 0 Å². The maximum atomic E-state index is 12.0. The first kappa shape index (κ1) is 50.0. The number of esters is 2. The van der Waals surface area contributed by atoms with Gasteiger partial charge in [0.25, 0.3) is 0 Å². The predicted octanol–water partition coefficient (Wildman–Crippen LogP) is 3.55. The minimum atomic E-state index is -1.91. The van der Waals surface area contributed by atoms with Gasteiger partial charge in [0.15, 0.2) is 16.6 Å². The highest BCUT2D eigenvalue weighted by Gasteiger charge is 2.32. The third-order valence-electron chi connectivity index (χ3n) is 8.88. The SMILES string of the molecule is CNC(C)CCC(C)NCCC(=O)OCC(O)COCCC[Si](C)(C)O[Si](C)(C)CCCOCC(O)COC(=O)CCNC(C)CCC(C)NC. The summed E-state index contributed by atoms with van der Waals surface area (Å²) in [5, 5.41) is 33.5. The lowest BCUT2D eigenvalue weighted by atomic mass is 10.1. The summed E-state index contributed by atoms with van der Waals surface area (Å²) in [6.07, 6.45) is 4.70. The van der Waals surface area contributed by atoms with Gasteiger partial charge < -0.3 is 54.5 Å². The summed E-state index contributed by atoms with van der Waals surface area (Å²) in [6, 6.07) is 3.48. The number of hydrogen-bond acceptors (Lipinski definition) is 13. The minimum absolute atomic E-state index is 0.0672. The zero-order chi connectivity index (χ0) is 38.7. The molecule has 0 aliphatic carbocycles. The normalized spacial score (nSPS) is 15.9. The molecular weight excluding hydrogens is 689 g/mol. The van der Waals surface area contributed by atoms with Crippen LogP contribution in [0.2, 0.25) is 38.3 Å². The van der Waals surface area contributed by atoms with E-state index < -0.39 is 28.8 Å². The van der Waals surface area contributed by atoms with Crippen LogP contribution in [0.25, 0.3) is 0 Å². The minimum Gasteiger partial charge on any atom is -0.463 e. The number of nitrogens with one attached hydrogen (secondary N) is 4. The maximum Gasteiger partial charge on any atom is 0.307 e. The largest absolute Gasteiger partial charge is 0.463 e. The van der Waals surface area contributed by atoms with Gasteiger partial charge in [-0.05, 0) is 119 Å². The van der Waals surface area contributed by atoms with E-state index in [0.29, 0.717) is 50.5 Å². The first-order valence-corrected chi connectivity index (χ1v) is 25.6. The van der Waals surface area contributed by atoms with Gasteiger partial charge in [-0.3, -0.25) is 9.59 Å². The van der Waals surface area contributed by atoms with Gasteiger partial charge in [0.05, 0.1) is 26.1 Å². The predicted molar refractivity (Wildman–Crippen MR) is 210 cm³/mol. The van der Waals surface area contributed by atoms with Gasteiger partial charge in [-0.1, -0.05) is 0 Å². The van der Waals surface area contributed by atoms with Gasteiger partial charge in [-0.15, -0.1) is 0 Å². The second-order valence-corrected chi connectivity index (χ2v) is 24.3. The molecule has 0 rings (SSSR count). The van der Waals surface area contributed by atoms with E-state index in [9.17, 15) is 19.8 Å². The van der Waals surface area contributed by atoms with Crippen molar-refractivity contribution in [1.82, 2.24) is 21.3 Å². The van der Waals surface area contributed by atoms with E-state index in [2.05, 4.69) is 75.2 Å². The molecule has 0 bridgehead atoms. The van der Waals surface area contributed by atoms with E-state index in [4.69, 9.17) is 23.1 Å². The monoisotopic (exact) mass is 767 g/mol. The van der Waals surface area contributed by atoms with Crippen LogP contribution in [-0.4, -0.2) is 142 Å². The topological polar surface area (TPSA) is 169 Å². The Hall–Kier alpha value is -0.986. The van der Waals surface area contributed by atoms with Gasteiger partial charge in [0.1, 0.15) is 25.4 Å². The van der Waals surface area contributed by atoms with Gasteiger partial charge in [-0.25, -0.2) is 0 Å². The molecule has 0 fully saturated rings. The van der Waals surface area contributed by atoms with E-state index in [1.54, 1.807) is 0 Å². The zero-order valence-corrected chi connectivity index (χ0v) is 35.9. The molecule has 0 radical (unpaired) electrons. The first-order valence-electron chi connectivity index (χ1n) is 19.3. The molecule has 0 aliphatic rings. The molecule has 6 atom stereocenters. The number of aliphatic hydroxyl groups excluding tert-OH is 2. The molecule has 0 saturated heterocycles. The average Bonchev–Trinajstić information content (AvgIpc) is 3.06. The van der Waals surface area contributed by atoms with Gasteiger partial charge in [-0.2, -0.15) is 0 Å². The third-order valence-corrected chi connectivity index (χ3v) is 16.4. The van der Waals surface area contributed by atoms with Crippen LogP contribution in [0.15, 0.2) is 0 Å². The second kappa shape index (κ2) is 29.4. The van der Waals surface area contributed by atoms with Crippen molar-refractivity contribution in [1.29, 1.82) is 0 Å². The number of ether oxygens (including phenoxy) is 4. The van der Waals surface area contributed by atoms with Crippen molar-refractivity contribution in [3.63, 3.8) is 0 Å². The molecule has 0 aromatic rings. The Kier molecular flexibility index (Phi) is 28.8. The smallest absolute Gasteiger partial charge is 0.307 e. The Balaban J connectivity index is 3.97. The van der Waals surface area contributed by atoms with Crippen LogP contribution in [0, 0.1) is 0 Å².